The van der Waals surface area contributed by atoms with Crippen molar-refractivity contribution in [3.63, 3.8) is 0 Å². The Balaban J connectivity index is 2.68. The molecule has 15 heavy (non-hydrogen) atoms. The van der Waals surface area contributed by atoms with E-state index in [-0.39, 0.29) is 5.88 Å². The van der Waals surface area contributed by atoms with Crippen LogP contribution in [0.3, 0.4) is 0 Å². The SMILES string of the molecule is CC(=NO)C(C)=NNC(O)=C1C=CC=C1. The van der Waals surface area contributed by atoms with E-state index < -0.39 is 0 Å². The third-order valence-corrected chi connectivity index (χ3v) is 1.94. The zero-order chi connectivity index (χ0) is 11.3. The van der Waals surface area contributed by atoms with Crippen LogP contribution in [0.15, 0.2) is 46.0 Å². The molecule has 0 saturated carbocycles. The molecule has 0 atom stereocenters. The lowest BCUT2D eigenvalue weighted by Crippen LogP contribution is -2.14. The molecule has 0 aliphatic heterocycles. The first-order valence-electron chi connectivity index (χ1n) is 4.42. The number of hydrogen-bond acceptors (Lipinski definition) is 5. The second-order valence-corrected chi connectivity index (χ2v) is 3.02. The first kappa shape index (κ1) is 11.0. The van der Waals surface area contributed by atoms with E-state index in [4.69, 9.17) is 5.21 Å². The molecule has 0 fully saturated rings. The van der Waals surface area contributed by atoms with Crippen LogP contribution in [0.2, 0.25) is 0 Å². The Morgan fingerprint density at radius 2 is 1.80 bits per heavy atom. The summed E-state index contributed by atoms with van der Waals surface area (Å²) in [6, 6.07) is 0. The maximum atomic E-state index is 9.51. The number of nitrogens with one attached hydrogen (secondary N) is 1. The molecule has 80 valence electrons. The predicted octanol–water partition coefficient (Wildman–Crippen LogP) is 1.70. The first-order chi connectivity index (χ1) is 7.15. The molecule has 0 heterocycles. The van der Waals surface area contributed by atoms with Crippen molar-refractivity contribution in [2.24, 2.45) is 10.3 Å². The van der Waals surface area contributed by atoms with E-state index in [0.717, 1.165) is 0 Å². The van der Waals surface area contributed by atoms with Gasteiger partial charge in [0.05, 0.1) is 11.4 Å². The van der Waals surface area contributed by atoms with Gasteiger partial charge in [-0.05, 0) is 26.0 Å². The Hall–Kier alpha value is -2.04. The van der Waals surface area contributed by atoms with Crippen LogP contribution in [-0.2, 0) is 0 Å². The molecule has 0 saturated heterocycles. The molecule has 0 aromatic carbocycles. The molecule has 3 N–H and O–H groups in total. The average molecular weight is 207 g/mol. The standard InChI is InChI=1S/C10H13N3O2/c1-7(8(2)13-15)11-12-10(14)9-5-3-4-6-9/h3-6,12,14-15H,1-2H3. The van der Waals surface area contributed by atoms with E-state index >= 15 is 0 Å². The summed E-state index contributed by atoms with van der Waals surface area (Å²) in [4.78, 5) is 0. The lowest BCUT2D eigenvalue weighted by atomic mass is 10.3. The van der Waals surface area contributed by atoms with Crippen LogP contribution < -0.4 is 5.43 Å². The number of allylic oxidation sites excluding steroid dienone is 5. The zero-order valence-electron chi connectivity index (χ0n) is 8.60. The van der Waals surface area contributed by atoms with E-state index in [2.05, 4.69) is 15.7 Å². The molecule has 1 aliphatic carbocycles. The van der Waals surface area contributed by atoms with Gasteiger partial charge in [0.15, 0.2) is 0 Å². The Kier molecular flexibility index (Phi) is 3.68. The minimum absolute atomic E-state index is 0.0370. The Bertz CT molecular complexity index is 375. The van der Waals surface area contributed by atoms with Crippen molar-refractivity contribution in [1.82, 2.24) is 5.43 Å². The topological polar surface area (TPSA) is 77.2 Å². The largest absolute Gasteiger partial charge is 0.493 e. The normalized spacial score (nSPS) is 16.0. The molecule has 0 radical (unpaired) electrons. The molecule has 5 heteroatoms. The summed E-state index contributed by atoms with van der Waals surface area (Å²) in [7, 11) is 0. The van der Waals surface area contributed by atoms with Gasteiger partial charge in [-0.25, -0.2) is 5.43 Å². The van der Waals surface area contributed by atoms with Crippen LogP contribution in [-0.4, -0.2) is 21.7 Å². The van der Waals surface area contributed by atoms with Crippen LogP contribution in [0.25, 0.3) is 0 Å². The molecule has 1 aliphatic rings. The van der Waals surface area contributed by atoms with Gasteiger partial charge in [-0.2, -0.15) is 5.10 Å². The van der Waals surface area contributed by atoms with Crippen molar-refractivity contribution in [2.45, 2.75) is 13.8 Å². The number of nitrogens with zero attached hydrogens (tertiary/aromatic N) is 2. The highest BCUT2D eigenvalue weighted by molar-refractivity contribution is 6.40. The second-order valence-electron chi connectivity index (χ2n) is 3.02. The summed E-state index contributed by atoms with van der Waals surface area (Å²) < 4.78 is 0. The molecule has 0 unspecified atom stereocenters. The first-order valence-corrected chi connectivity index (χ1v) is 4.42. The second kappa shape index (κ2) is 4.99. The van der Waals surface area contributed by atoms with Gasteiger partial charge in [0.1, 0.15) is 0 Å². The summed E-state index contributed by atoms with van der Waals surface area (Å²) in [5, 5.41) is 24.8. The average Bonchev–Trinajstić information content (AvgIpc) is 2.77. The minimum atomic E-state index is -0.0370. The zero-order valence-corrected chi connectivity index (χ0v) is 8.60. The van der Waals surface area contributed by atoms with Crippen LogP contribution >= 0.6 is 0 Å². The fourth-order valence-electron chi connectivity index (χ4n) is 0.886. The summed E-state index contributed by atoms with van der Waals surface area (Å²) in [6.07, 6.45) is 7.12. The van der Waals surface area contributed by atoms with Gasteiger partial charge in [0, 0.05) is 5.57 Å². The van der Waals surface area contributed by atoms with Crippen molar-refractivity contribution < 1.29 is 10.3 Å². The molecule has 0 aromatic rings. The fraction of sp³-hybridized carbons (Fsp3) is 0.200. The van der Waals surface area contributed by atoms with Gasteiger partial charge >= 0.3 is 0 Å². The Morgan fingerprint density at radius 3 is 2.33 bits per heavy atom. The van der Waals surface area contributed by atoms with Gasteiger partial charge in [-0.15, -0.1) is 0 Å². The number of hydrogen-bond donors (Lipinski definition) is 3. The van der Waals surface area contributed by atoms with Crippen LogP contribution in [0, 0.1) is 0 Å². The maximum Gasteiger partial charge on any atom is 0.212 e. The molecule has 0 amide bonds. The third-order valence-electron chi connectivity index (χ3n) is 1.94. The summed E-state index contributed by atoms with van der Waals surface area (Å²) in [5.41, 5.74) is 4.01. The van der Waals surface area contributed by atoms with Crippen LogP contribution in [0.4, 0.5) is 0 Å². The van der Waals surface area contributed by atoms with E-state index in [1.165, 1.54) is 0 Å². The minimum Gasteiger partial charge on any atom is -0.493 e. The maximum absolute atomic E-state index is 9.51. The number of oxime groups is 1. The molecule has 0 aromatic heterocycles. The van der Waals surface area contributed by atoms with Crippen molar-refractivity contribution in [3.05, 3.63) is 35.8 Å². The lowest BCUT2D eigenvalue weighted by Gasteiger charge is -2.02. The molecule has 1 rings (SSSR count). The van der Waals surface area contributed by atoms with Gasteiger partial charge in [0.2, 0.25) is 5.88 Å². The summed E-state index contributed by atoms with van der Waals surface area (Å²) in [6.45, 7) is 3.28. The number of hydrazone groups is 1. The highest BCUT2D eigenvalue weighted by atomic mass is 16.4. The predicted molar refractivity (Wildman–Crippen MR) is 59.1 cm³/mol. The summed E-state index contributed by atoms with van der Waals surface area (Å²) in [5.74, 6) is -0.0370. The van der Waals surface area contributed by atoms with Gasteiger partial charge < -0.3 is 10.3 Å². The summed E-state index contributed by atoms with van der Waals surface area (Å²) >= 11 is 0. The lowest BCUT2D eigenvalue weighted by molar-refractivity contribution is 0.319. The van der Waals surface area contributed by atoms with Gasteiger partial charge in [0.25, 0.3) is 0 Å². The molecular formula is C10H13N3O2. The molecular weight excluding hydrogens is 194 g/mol. The monoisotopic (exact) mass is 207 g/mol. The van der Waals surface area contributed by atoms with E-state index in [0.29, 0.717) is 17.0 Å². The van der Waals surface area contributed by atoms with Crippen molar-refractivity contribution in [2.75, 3.05) is 0 Å². The Morgan fingerprint density at radius 1 is 1.20 bits per heavy atom. The number of aliphatic hydroxyl groups excluding tert-OH is 1. The van der Waals surface area contributed by atoms with Gasteiger partial charge in [-0.1, -0.05) is 17.3 Å². The Labute approximate surface area is 87.8 Å². The number of aliphatic hydroxyl groups is 1. The van der Waals surface area contributed by atoms with Crippen molar-refractivity contribution in [1.29, 1.82) is 0 Å². The van der Waals surface area contributed by atoms with E-state index in [1.807, 2.05) is 12.2 Å². The van der Waals surface area contributed by atoms with Crippen LogP contribution in [0.5, 0.6) is 0 Å². The van der Waals surface area contributed by atoms with Crippen molar-refractivity contribution >= 4 is 11.4 Å². The van der Waals surface area contributed by atoms with Crippen molar-refractivity contribution in [3.8, 4) is 0 Å². The number of rotatable bonds is 3. The third kappa shape index (κ3) is 2.98. The van der Waals surface area contributed by atoms with E-state index in [1.54, 1.807) is 26.0 Å². The fourth-order valence-corrected chi connectivity index (χ4v) is 0.886. The molecule has 5 nitrogen and oxygen atoms in total. The quantitative estimate of drug-likeness (QED) is 0.285. The highest BCUT2D eigenvalue weighted by Crippen LogP contribution is 2.09. The van der Waals surface area contributed by atoms with E-state index in [9.17, 15) is 5.11 Å². The smallest absolute Gasteiger partial charge is 0.212 e. The highest BCUT2D eigenvalue weighted by Gasteiger charge is 2.02. The molecule has 0 spiro atoms. The van der Waals surface area contributed by atoms with Crippen LogP contribution in [0.1, 0.15) is 13.8 Å². The molecule has 0 bridgehead atoms. The van der Waals surface area contributed by atoms with Gasteiger partial charge in [-0.3, -0.25) is 0 Å².